The van der Waals surface area contributed by atoms with Crippen molar-refractivity contribution in [3.63, 3.8) is 0 Å². The van der Waals surface area contributed by atoms with E-state index in [4.69, 9.17) is 5.53 Å². The van der Waals surface area contributed by atoms with E-state index in [2.05, 4.69) is 11.3 Å². The third-order valence-corrected chi connectivity index (χ3v) is 2.39. The van der Waals surface area contributed by atoms with Crippen LogP contribution in [0.3, 0.4) is 0 Å². The molecular weight excluding hydrogens is 178 g/mol. The fourth-order valence-corrected chi connectivity index (χ4v) is 1.38. The van der Waals surface area contributed by atoms with Crippen molar-refractivity contribution in [2.75, 3.05) is 0 Å². The Bertz CT molecular complexity index is 360. The molecule has 0 saturated heterocycles. The molecule has 0 bridgehead atoms. The van der Waals surface area contributed by atoms with Gasteiger partial charge in [-0.15, -0.1) is 0 Å². The van der Waals surface area contributed by atoms with E-state index in [9.17, 15) is 8.42 Å². The Balaban J connectivity index is 3.07. The van der Waals surface area contributed by atoms with Gasteiger partial charge in [-0.05, 0) is 18.2 Å². The highest BCUT2D eigenvalue weighted by Gasteiger charge is 2.10. The average Bonchev–Trinajstić information content (AvgIpc) is 2.06. The van der Waals surface area contributed by atoms with Gasteiger partial charge in [0.25, 0.3) is 10.0 Å². The van der Waals surface area contributed by atoms with Crippen molar-refractivity contribution in [2.45, 2.75) is 4.90 Å². The zero-order valence-electron chi connectivity index (χ0n) is 5.98. The fraction of sp³-hybridized carbons (Fsp3) is 0. The van der Waals surface area contributed by atoms with E-state index in [1.54, 1.807) is 4.83 Å². The molecule has 0 atom stereocenters. The molecule has 63 valence electrons. The van der Waals surface area contributed by atoms with Gasteiger partial charge in [0.05, 0.1) is 4.90 Å². The number of nitrogens with zero attached hydrogens (tertiary/aromatic N) is 1. The molecule has 0 aliphatic rings. The summed E-state index contributed by atoms with van der Waals surface area (Å²) in [5.74, 6) is 0. The second-order valence-electron chi connectivity index (χ2n) is 1.94. The quantitative estimate of drug-likeness (QED) is 0.535. The zero-order chi connectivity index (χ0) is 9.03. The minimum absolute atomic E-state index is 0.0669. The highest BCUT2D eigenvalue weighted by molar-refractivity contribution is 7.89. The summed E-state index contributed by atoms with van der Waals surface area (Å²) in [6, 6.07) is 8.36. The summed E-state index contributed by atoms with van der Waals surface area (Å²) in [6.07, 6.45) is 0. The molecule has 0 heterocycles. The monoisotopic (exact) mass is 184 g/mol. The van der Waals surface area contributed by atoms with Gasteiger partial charge in [0, 0.05) is 0 Å². The van der Waals surface area contributed by atoms with E-state index in [0.29, 0.717) is 0 Å². The summed E-state index contributed by atoms with van der Waals surface area (Å²) >= 11 is 0. The third-order valence-electron chi connectivity index (χ3n) is 1.16. The second kappa shape index (κ2) is 3.31. The molecule has 0 fully saturated rings. The lowest BCUT2D eigenvalue weighted by Crippen LogP contribution is -2.16. The molecule has 0 spiro atoms. The highest BCUT2D eigenvalue weighted by atomic mass is 32.2. The van der Waals surface area contributed by atoms with Crippen LogP contribution in [0.1, 0.15) is 0 Å². The smallest absolute Gasteiger partial charge is 0.200 e. The van der Waals surface area contributed by atoms with Crippen LogP contribution in [-0.2, 0) is 10.0 Å². The molecule has 2 N–H and O–H groups in total. The van der Waals surface area contributed by atoms with Crippen molar-refractivity contribution in [1.82, 2.24) is 4.83 Å². The Labute approximate surface area is 69.9 Å². The van der Waals surface area contributed by atoms with Crippen LogP contribution in [0.2, 0.25) is 0 Å². The molecular formula is C6H6N3O2S. The van der Waals surface area contributed by atoms with Crippen LogP contribution < -0.4 is 4.83 Å². The summed E-state index contributed by atoms with van der Waals surface area (Å²) in [6.45, 7) is 0. The molecule has 1 radical (unpaired) electrons. The van der Waals surface area contributed by atoms with E-state index < -0.39 is 10.0 Å². The number of benzene rings is 1. The average molecular weight is 184 g/mol. The number of hydrogen-bond donors (Lipinski definition) is 2. The van der Waals surface area contributed by atoms with Gasteiger partial charge in [-0.2, -0.15) is 18.8 Å². The molecule has 0 aromatic heterocycles. The molecule has 5 nitrogen and oxygen atoms in total. The molecule has 0 unspecified atom stereocenters. The van der Waals surface area contributed by atoms with Gasteiger partial charge < -0.3 is 0 Å². The van der Waals surface area contributed by atoms with E-state index in [0.717, 1.165) is 0 Å². The minimum Gasteiger partial charge on any atom is -0.200 e. The SMILES string of the molecule is N=NNS(=O)(=O)c1cc[c]cc1. The largest absolute Gasteiger partial charge is 0.277 e. The molecule has 0 aliphatic carbocycles. The molecule has 0 amide bonds. The van der Waals surface area contributed by atoms with Crippen LogP contribution in [0.5, 0.6) is 0 Å². The highest BCUT2D eigenvalue weighted by Crippen LogP contribution is 2.05. The lowest BCUT2D eigenvalue weighted by atomic mass is 10.4. The summed E-state index contributed by atoms with van der Waals surface area (Å²) in [5.41, 5.74) is 6.33. The fourth-order valence-electron chi connectivity index (χ4n) is 0.664. The second-order valence-corrected chi connectivity index (χ2v) is 3.60. The van der Waals surface area contributed by atoms with Gasteiger partial charge in [-0.25, -0.2) is 0 Å². The standard InChI is InChI=1S/C6H6N3O2S/c7-8-9-12(10,11)6-4-2-1-3-5-6/h2-5H,(H2,7,9). The van der Waals surface area contributed by atoms with Crippen LogP contribution >= 0.6 is 0 Å². The van der Waals surface area contributed by atoms with Crippen molar-refractivity contribution < 1.29 is 8.42 Å². The van der Waals surface area contributed by atoms with Gasteiger partial charge in [0.2, 0.25) is 0 Å². The Kier molecular flexibility index (Phi) is 2.39. The Morgan fingerprint density at radius 2 is 2.00 bits per heavy atom. The van der Waals surface area contributed by atoms with E-state index in [-0.39, 0.29) is 4.90 Å². The maximum atomic E-state index is 11.1. The number of rotatable bonds is 3. The van der Waals surface area contributed by atoms with Gasteiger partial charge in [0.15, 0.2) is 0 Å². The molecule has 0 aliphatic heterocycles. The van der Waals surface area contributed by atoms with Crippen LogP contribution in [0.4, 0.5) is 0 Å². The number of nitrogens with one attached hydrogen (secondary N) is 2. The predicted octanol–water partition coefficient (Wildman–Crippen LogP) is 0.711. The topological polar surface area (TPSA) is 82.4 Å². The maximum Gasteiger partial charge on any atom is 0.277 e. The van der Waals surface area contributed by atoms with E-state index in [1.807, 2.05) is 0 Å². The van der Waals surface area contributed by atoms with Crippen LogP contribution in [0, 0.1) is 11.6 Å². The maximum absolute atomic E-state index is 11.1. The normalized spacial score (nSPS) is 10.7. The lowest BCUT2D eigenvalue weighted by molar-refractivity contribution is 0.580. The number of hydrogen-bond acceptors (Lipinski definition) is 4. The van der Waals surface area contributed by atoms with Crippen molar-refractivity contribution in [2.24, 2.45) is 5.22 Å². The van der Waals surface area contributed by atoms with Crippen molar-refractivity contribution in [1.29, 1.82) is 5.53 Å². The minimum atomic E-state index is -3.63. The van der Waals surface area contributed by atoms with Gasteiger partial charge in [0.1, 0.15) is 0 Å². The van der Waals surface area contributed by atoms with Crippen LogP contribution in [-0.4, -0.2) is 8.42 Å². The molecule has 1 aromatic rings. The first-order valence-electron chi connectivity index (χ1n) is 3.01. The summed E-state index contributed by atoms with van der Waals surface area (Å²) in [5, 5.41) is 2.59. The first kappa shape index (κ1) is 8.66. The van der Waals surface area contributed by atoms with Gasteiger partial charge in [-0.3, -0.25) is 0 Å². The number of sulfonamides is 1. The predicted molar refractivity (Wildman–Crippen MR) is 40.7 cm³/mol. The molecule has 1 aromatic carbocycles. The van der Waals surface area contributed by atoms with Gasteiger partial charge in [-0.1, -0.05) is 17.4 Å². The third kappa shape index (κ3) is 1.79. The summed E-state index contributed by atoms with van der Waals surface area (Å²) < 4.78 is 22.2. The van der Waals surface area contributed by atoms with E-state index >= 15 is 0 Å². The molecule has 1 rings (SSSR count). The molecule has 6 heteroatoms. The van der Waals surface area contributed by atoms with Crippen LogP contribution in [0.15, 0.2) is 34.4 Å². The van der Waals surface area contributed by atoms with E-state index in [1.165, 1.54) is 24.3 Å². The van der Waals surface area contributed by atoms with Crippen LogP contribution in [0.25, 0.3) is 0 Å². The Hall–Kier alpha value is -1.43. The van der Waals surface area contributed by atoms with Crippen molar-refractivity contribution in [3.05, 3.63) is 30.3 Å². The summed E-state index contributed by atoms with van der Waals surface area (Å²) in [7, 11) is -3.63. The Morgan fingerprint density at radius 3 is 2.50 bits per heavy atom. The van der Waals surface area contributed by atoms with Crippen molar-refractivity contribution >= 4 is 10.0 Å². The Morgan fingerprint density at radius 1 is 1.42 bits per heavy atom. The zero-order valence-corrected chi connectivity index (χ0v) is 6.80. The summed E-state index contributed by atoms with van der Waals surface area (Å²) in [4.78, 5) is 1.76. The lowest BCUT2D eigenvalue weighted by Gasteiger charge is -1.99. The molecule has 0 saturated carbocycles. The first-order chi connectivity index (χ1) is 5.67. The van der Waals surface area contributed by atoms with Gasteiger partial charge >= 0.3 is 0 Å². The molecule has 12 heavy (non-hydrogen) atoms. The van der Waals surface area contributed by atoms with Crippen molar-refractivity contribution in [3.8, 4) is 0 Å². The first-order valence-corrected chi connectivity index (χ1v) is 4.49.